The lowest BCUT2D eigenvalue weighted by Crippen LogP contribution is -2.29. The van der Waals surface area contributed by atoms with Crippen molar-refractivity contribution in [3.05, 3.63) is 35.0 Å². The fourth-order valence-electron chi connectivity index (χ4n) is 3.05. The number of fused-ring (bicyclic) bond motifs is 1. The summed E-state index contributed by atoms with van der Waals surface area (Å²) in [5.74, 6) is 0. The Kier molecular flexibility index (Phi) is 7.70. The molecular weight excluding hydrogens is 379 g/mol. The van der Waals surface area contributed by atoms with Crippen LogP contribution in [0.3, 0.4) is 0 Å². The van der Waals surface area contributed by atoms with E-state index >= 15 is 0 Å². The number of nitrogens with one attached hydrogen (secondary N) is 1. The summed E-state index contributed by atoms with van der Waals surface area (Å²) < 4.78 is 40.4. The predicted octanol–water partition coefficient (Wildman–Crippen LogP) is 4.80. The van der Waals surface area contributed by atoms with Gasteiger partial charge in [-0.15, -0.1) is 0 Å². The van der Waals surface area contributed by atoms with E-state index in [1.165, 1.54) is 0 Å². The predicted molar refractivity (Wildman–Crippen MR) is 103 cm³/mol. The van der Waals surface area contributed by atoms with E-state index in [1.807, 2.05) is 13.8 Å². The number of likely N-dealkylation sites (N-methyl/N-ethyl adjacent to an activating group) is 1. The molecule has 0 radical (unpaired) electrons. The monoisotopic (exact) mass is 403 g/mol. The van der Waals surface area contributed by atoms with Crippen LogP contribution < -0.4 is 5.32 Å². The van der Waals surface area contributed by atoms with Gasteiger partial charge >= 0.3 is 6.18 Å². The minimum Gasteiger partial charge on any atom is -0.395 e. The molecule has 0 saturated carbocycles. The van der Waals surface area contributed by atoms with Crippen LogP contribution in [0.25, 0.3) is 10.9 Å². The van der Waals surface area contributed by atoms with Crippen molar-refractivity contribution < 1.29 is 18.3 Å². The molecule has 1 aromatic carbocycles. The van der Waals surface area contributed by atoms with E-state index in [4.69, 9.17) is 16.7 Å². The van der Waals surface area contributed by atoms with E-state index in [0.717, 1.165) is 25.7 Å². The summed E-state index contributed by atoms with van der Waals surface area (Å²) in [5, 5.41) is 12.9. The maximum absolute atomic E-state index is 13.5. The average molecular weight is 404 g/mol. The Morgan fingerprint density at radius 1 is 1.30 bits per heavy atom. The van der Waals surface area contributed by atoms with Crippen LogP contribution >= 0.6 is 11.6 Å². The van der Waals surface area contributed by atoms with Crippen molar-refractivity contribution in [2.75, 3.05) is 31.6 Å². The minimum absolute atomic E-state index is 0.0411. The molecule has 2 rings (SSSR count). The van der Waals surface area contributed by atoms with E-state index in [-0.39, 0.29) is 18.3 Å². The highest BCUT2D eigenvalue weighted by Gasteiger charge is 2.35. The molecule has 0 amide bonds. The molecule has 0 fully saturated rings. The first-order chi connectivity index (χ1) is 12.8. The first kappa shape index (κ1) is 21.7. The molecule has 1 atom stereocenters. The first-order valence-electron chi connectivity index (χ1n) is 9.01. The maximum Gasteiger partial charge on any atom is 0.419 e. The number of pyridine rings is 1. The molecule has 1 unspecified atom stereocenters. The summed E-state index contributed by atoms with van der Waals surface area (Å²) in [4.78, 5) is 6.03. The summed E-state index contributed by atoms with van der Waals surface area (Å²) in [6.45, 7) is 6.21. The number of halogens is 4. The van der Waals surface area contributed by atoms with E-state index in [2.05, 4.69) is 15.2 Å². The van der Waals surface area contributed by atoms with Gasteiger partial charge in [-0.25, -0.2) is 0 Å². The standard InChI is InChI=1S/C19H25ClF3N3O/c1-3-26(9-10-27)8-4-5-13(2)25-18-15-7-6-14(20)11-17(15)24-12-16(18)19(21,22)23/h6-7,11-13,27H,3-5,8-10H2,1-2H3,(H,24,25). The van der Waals surface area contributed by atoms with Crippen LogP contribution in [0, 0.1) is 0 Å². The summed E-state index contributed by atoms with van der Waals surface area (Å²) in [6, 6.07) is 4.53. The molecule has 0 aliphatic heterocycles. The zero-order valence-electron chi connectivity index (χ0n) is 15.5. The average Bonchev–Trinajstić information content (AvgIpc) is 2.59. The summed E-state index contributed by atoms with van der Waals surface area (Å²) in [6.07, 6.45) is -2.12. The quantitative estimate of drug-likeness (QED) is 0.631. The second-order valence-corrected chi connectivity index (χ2v) is 6.99. The Morgan fingerprint density at radius 2 is 2.04 bits per heavy atom. The van der Waals surface area contributed by atoms with Gasteiger partial charge in [0.1, 0.15) is 0 Å². The number of benzene rings is 1. The van der Waals surface area contributed by atoms with Crippen LogP contribution in [0.15, 0.2) is 24.4 Å². The minimum atomic E-state index is -4.50. The number of hydrogen-bond acceptors (Lipinski definition) is 4. The first-order valence-corrected chi connectivity index (χ1v) is 9.39. The molecule has 2 N–H and O–H groups in total. The lowest BCUT2D eigenvalue weighted by atomic mass is 10.1. The molecule has 1 aromatic heterocycles. The van der Waals surface area contributed by atoms with Crippen LogP contribution in [0.1, 0.15) is 32.3 Å². The maximum atomic E-state index is 13.5. The van der Waals surface area contributed by atoms with Gasteiger partial charge in [0, 0.05) is 29.2 Å². The van der Waals surface area contributed by atoms with Crippen molar-refractivity contribution in [2.45, 2.75) is 38.9 Å². The third-order valence-corrected chi connectivity index (χ3v) is 4.74. The van der Waals surface area contributed by atoms with Crippen molar-refractivity contribution in [2.24, 2.45) is 0 Å². The highest BCUT2D eigenvalue weighted by atomic mass is 35.5. The number of alkyl halides is 3. The fraction of sp³-hybridized carbons (Fsp3) is 0.526. The molecule has 0 spiro atoms. The smallest absolute Gasteiger partial charge is 0.395 e. The zero-order valence-corrected chi connectivity index (χ0v) is 16.2. The topological polar surface area (TPSA) is 48.4 Å². The van der Waals surface area contributed by atoms with Gasteiger partial charge in [-0.3, -0.25) is 4.98 Å². The zero-order chi connectivity index (χ0) is 20.0. The van der Waals surface area contributed by atoms with Crippen LogP contribution in [0.2, 0.25) is 5.02 Å². The lowest BCUT2D eigenvalue weighted by Gasteiger charge is -2.23. The molecule has 2 aromatic rings. The molecule has 8 heteroatoms. The molecular formula is C19H25ClF3N3O. The van der Waals surface area contributed by atoms with Gasteiger partial charge in [-0.1, -0.05) is 18.5 Å². The third kappa shape index (κ3) is 5.96. The number of anilines is 1. The Bertz CT molecular complexity index is 755. The second kappa shape index (κ2) is 9.57. The number of aliphatic hydroxyl groups excluding tert-OH is 1. The van der Waals surface area contributed by atoms with Crippen molar-refractivity contribution in [1.29, 1.82) is 0 Å². The van der Waals surface area contributed by atoms with Gasteiger partial charge < -0.3 is 15.3 Å². The summed E-state index contributed by atoms with van der Waals surface area (Å²) >= 11 is 5.94. The number of rotatable bonds is 9. The van der Waals surface area contributed by atoms with Crippen LogP contribution in [-0.2, 0) is 6.18 Å². The van der Waals surface area contributed by atoms with Crippen LogP contribution in [-0.4, -0.2) is 47.3 Å². The Morgan fingerprint density at radius 3 is 2.67 bits per heavy atom. The highest BCUT2D eigenvalue weighted by molar-refractivity contribution is 6.31. The van der Waals surface area contributed by atoms with Gasteiger partial charge in [-0.05, 0) is 51.1 Å². The number of hydrogen-bond donors (Lipinski definition) is 2. The molecule has 4 nitrogen and oxygen atoms in total. The summed E-state index contributed by atoms with van der Waals surface area (Å²) in [5.41, 5.74) is -0.315. The van der Waals surface area contributed by atoms with E-state index in [1.54, 1.807) is 18.2 Å². The van der Waals surface area contributed by atoms with E-state index in [9.17, 15) is 13.2 Å². The highest BCUT2D eigenvalue weighted by Crippen LogP contribution is 2.39. The molecule has 27 heavy (non-hydrogen) atoms. The SMILES string of the molecule is CCN(CCO)CCCC(C)Nc1c(C(F)(F)F)cnc2cc(Cl)ccc12. The number of nitrogens with zero attached hydrogens (tertiary/aromatic N) is 2. The fourth-order valence-corrected chi connectivity index (χ4v) is 3.21. The van der Waals surface area contributed by atoms with Crippen LogP contribution in [0.4, 0.5) is 18.9 Å². The molecule has 1 heterocycles. The van der Waals surface area contributed by atoms with E-state index < -0.39 is 11.7 Å². The molecule has 0 saturated heterocycles. The Labute approximate surface area is 162 Å². The normalized spacial score (nSPS) is 13.3. The molecule has 0 aliphatic rings. The Hall–Kier alpha value is -1.57. The van der Waals surface area contributed by atoms with Crippen molar-refractivity contribution in [3.63, 3.8) is 0 Å². The number of aromatic nitrogens is 1. The van der Waals surface area contributed by atoms with Crippen molar-refractivity contribution >= 4 is 28.2 Å². The van der Waals surface area contributed by atoms with Gasteiger partial charge in [0.25, 0.3) is 0 Å². The van der Waals surface area contributed by atoms with Gasteiger partial charge in [0.15, 0.2) is 0 Å². The van der Waals surface area contributed by atoms with Crippen LogP contribution in [0.5, 0.6) is 0 Å². The lowest BCUT2D eigenvalue weighted by molar-refractivity contribution is -0.137. The molecule has 150 valence electrons. The molecule has 0 bridgehead atoms. The number of aliphatic hydroxyl groups is 1. The van der Waals surface area contributed by atoms with Crippen molar-refractivity contribution in [3.8, 4) is 0 Å². The third-order valence-electron chi connectivity index (χ3n) is 4.50. The van der Waals surface area contributed by atoms with Gasteiger partial charge in [-0.2, -0.15) is 13.2 Å². The largest absolute Gasteiger partial charge is 0.419 e. The Balaban J connectivity index is 2.18. The van der Waals surface area contributed by atoms with Gasteiger partial charge in [0.2, 0.25) is 0 Å². The second-order valence-electron chi connectivity index (χ2n) is 6.55. The van der Waals surface area contributed by atoms with Gasteiger partial charge in [0.05, 0.1) is 23.4 Å². The van der Waals surface area contributed by atoms with E-state index in [0.29, 0.717) is 28.9 Å². The summed E-state index contributed by atoms with van der Waals surface area (Å²) in [7, 11) is 0. The van der Waals surface area contributed by atoms with Crippen molar-refractivity contribution in [1.82, 2.24) is 9.88 Å². The molecule has 0 aliphatic carbocycles.